The number of rotatable bonds is 4. The SMILES string of the molecule is Cc1cc(Cl)ccc1O[C@@H](C)C(=O)Nc1c(C)cccc1C. The molecule has 0 aliphatic heterocycles. The third-order valence-corrected chi connectivity index (χ3v) is 3.77. The van der Waals surface area contributed by atoms with Gasteiger partial charge in [0.1, 0.15) is 5.75 Å². The van der Waals surface area contributed by atoms with Crippen LogP contribution in [0.25, 0.3) is 0 Å². The van der Waals surface area contributed by atoms with Crippen molar-refractivity contribution in [1.82, 2.24) is 0 Å². The van der Waals surface area contributed by atoms with Crippen molar-refractivity contribution in [3.05, 3.63) is 58.1 Å². The van der Waals surface area contributed by atoms with E-state index in [0.717, 1.165) is 22.4 Å². The second-order valence-electron chi connectivity index (χ2n) is 5.43. The highest BCUT2D eigenvalue weighted by molar-refractivity contribution is 6.30. The Morgan fingerprint density at radius 3 is 2.32 bits per heavy atom. The number of hydrogen-bond acceptors (Lipinski definition) is 2. The van der Waals surface area contributed by atoms with E-state index in [9.17, 15) is 4.79 Å². The average molecular weight is 318 g/mol. The first kappa shape index (κ1) is 16.4. The van der Waals surface area contributed by atoms with Crippen molar-refractivity contribution < 1.29 is 9.53 Å². The Morgan fingerprint density at radius 2 is 1.73 bits per heavy atom. The zero-order valence-corrected chi connectivity index (χ0v) is 14.0. The minimum atomic E-state index is -0.598. The molecule has 0 unspecified atom stereocenters. The van der Waals surface area contributed by atoms with Crippen molar-refractivity contribution in [2.24, 2.45) is 0 Å². The average Bonchev–Trinajstić information content (AvgIpc) is 2.45. The molecule has 0 spiro atoms. The van der Waals surface area contributed by atoms with Crippen molar-refractivity contribution in [3.8, 4) is 5.75 Å². The first-order valence-corrected chi connectivity index (χ1v) is 7.56. The molecule has 0 radical (unpaired) electrons. The molecule has 0 fully saturated rings. The number of hydrogen-bond donors (Lipinski definition) is 1. The molecule has 0 aromatic heterocycles. The summed E-state index contributed by atoms with van der Waals surface area (Å²) in [5, 5.41) is 3.59. The normalized spacial score (nSPS) is 11.9. The van der Waals surface area contributed by atoms with E-state index in [2.05, 4.69) is 5.32 Å². The number of amides is 1. The Morgan fingerprint density at radius 1 is 1.09 bits per heavy atom. The number of anilines is 1. The number of ether oxygens (including phenoxy) is 1. The van der Waals surface area contributed by atoms with Gasteiger partial charge in [-0.1, -0.05) is 29.8 Å². The number of para-hydroxylation sites is 1. The van der Waals surface area contributed by atoms with Gasteiger partial charge in [-0.2, -0.15) is 0 Å². The maximum Gasteiger partial charge on any atom is 0.265 e. The smallest absolute Gasteiger partial charge is 0.265 e. The summed E-state index contributed by atoms with van der Waals surface area (Å²) in [6.07, 6.45) is -0.598. The maximum atomic E-state index is 12.3. The number of carbonyl (C=O) groups excluding carboxylic acids is 1. The van der Waals surface area contributed by atoms with Crippen LogP contribution >= 0.6 is 11.6 Å². The summed E-state index contributed by atoms with van der Waals surface area (Å²) in [5.41, 5.74) is 3.81. The molecule has 0 bridgehead atoms. The maximum absolute atomic E-state index is 12.3. The Hall–Kier alpha value is -2.00. The summed E-state index contributed by atoms with van der Waals surface area (Å²) < 4.78 is 5.74. The van der Waals surface area contributed by atoms with E-state index in [0.29, 0.717) is 10.8 Å². The Kier molecular flexibility index (Phi) is 5.09. The summed E-state index contributed by atoms with van der Waals surface area (Å²) in [5.74, 6) is 0.486. The van der Waals surface area contributed by atoms with Crippen LogP contribution in [0.1, 0.15) is 23.6 Å². The largest absolute Gasteiger partial charge is 0.481 e. The van der Waals surface area contributed by atoms with Gasteiger partial charge < -0.3 is 10.1 Å². The standard InChI is InChI=1S/C18H20ClNO2/c1-11-6-5-7-12(2)17(11)20-18(21)14(4)22-16-9-8-15(19)10-13(16)3/h5-10,14H,1-4H3,(H,20,21)/t14-/m0/s1. The highest BCUT2D eigenvalue weighted by Gasteiger charge is 2.17. The van der Waals surface area contributed by atoms with Crippen LogP contribution in [-0.4, -0.2) is 12.0 Å². The topological polar surface area (TPSA) is 38.3 Å². The molecular weight excluding hydrogens is 298 g/mol. The van der Waals surface area contributed by atoms with Gasteiger partial charge in [0, 0.05) is 10.7 Å². The van der Waals surface area contributed by atoms with Gasteiger partial charge in [-0.3, -0.25) is 4.79 Å². The van der Waals surface area contributed by atoms with Crippen LogP contribution in [0.5, 0.6) is 5.75 Å². The lowest BCUT2D eigenvalue weighted by atomic mass is 10.1. The van der Waals surface area contributed by atoms with E-state index in [4.69, 9.17) is 16.3 Å². The molecule has 116 valence electrons. The van der Waals surface area contributed by atoms with Crippen molar-refractivity contribution in [2.75, 3.05) is 5.32 Å². The number of nitrogens with one attached hydrogen (secondary N) is 1. The number of benzene rings is 2. The summed E-state index contributed by atoms with van der Waals surface area (Å²) in [6, 6.07) is 11.2. The van der Waals surface area contributed by atoms with Gasteiger partial charge in [0.25, 0.3) is 5.91 Å². The van der Waals surface area contributed by atoms with Gasteiger partial charge in [-0.15, -0.1) is 0 Å². The molecule has 0 saturated heterocycles. The highest BCUT2D eigenvalue weighted by Crippen LogP contribution is 2.24. The molecule has 0 aliphatic carbocycles. The van der Waals surface area contributed by atoms with E-state index in [1.165, 1.54) is 0 Å². The summed E-state index contributed by atoms with van der Waals surface area (Å²) in [7, 11) is 0. The molecule has 1 atom stereocenters. The highest BCUT2D eigenvalue weighted by atomic mass is 35.5. The Balaban J connectivity index is 2.09. The second-order valence-corrected chi connectivity index (χ2v) is 5.86. The van der Waals surface area contributed by atoms with Crippen LogP contribution in [-0.2, 0) is 4.79 Å². The number of aryl methyl sites for hydroxylation is 3. The molecule has 22 heavy (non-hydrogen) atoms. The molecule has 1 amide bonds. The van der Waals surface area contributed by atoms with Gasteiger partial charge in [-0.25, -0.2) is 0 Å². The molecule has 3 nitrogen and oxygen atoms in total. The van der Waals surface area contributed by atoms with Gasteiger partial charge >= 0.3 is 0 Å². The third-order valence-electron chi connectivity index (χ3n) is 3.54. The van der Waals surface area contributed by atoms with Crippen molar-refractivity contribution in [3.63, 3.8) is 0 Å². The van der Waals surface area contributed by atoms with Crippen molar-refractivity contribution in [2.45, 2.75) is 33.8 Å². The van der Waals surface area contributed by atoms with E-state index >= 15 is 0 Å². The fourth-order valence-corrected chi connectivity index (χ4v) is 2.45. The molecule has 0 heterocycles. The zero-order chi connectivity index (χ0) is 16.3. The van der Waals surface area contributed by atoms with Crippen LogP contribution in [0.2, 0.25) is 5.02 Å². The quantitative estimate of drug-likeness (QED) is 0.889. The first-order chi connectivity index (χ1) is 10.4. The van der Waals surface area contributed by atoms with Gasteiger partial charge in [0.15, 0.2) is 6.10 Å². The predicted octanol–water partition coefficient (Wildman–Crippen LogP) is 4.67. The fraction of sp³-hybridized carbons (Fsp3) is 0.278. The molecule has 4 heteroatoms. The number of carbonyl (C=O) groups is 1. The lowest BCUT2D eigenvalue weighted by molar-refractivity contribution is -0.122. The van der Waals surface area contributed by atoms with Gasteiger partial charge in [0.2, 0.25) is 0 Å². The fourth-order valence-electron chi connectivity index (χ4n) is 2.23. The molecule has 2 aromatic carbocycles. The van der Waals surface area contributed by atoms with Gasteiger partial charge in [0.05, 0.1) is 0 Å². The van der Waals surface area contributed by atoms with E-state index in [1.54, 1.807) is 19.1 Å². The minimum Gasteiger partial charge on any atom is -0.481 e. The third kappa shape index (κ3) is 3.80. The van der Waals surface area contributed by atoms with Crippen LogP contribution in [0.4, 0.5) is 5.69 Å². The first-order valence-electron chi connectivity index (χ1n) is 7.18. The van der Waals surface area contributed by atoms with Crippen LogP contribution in [0, 0.1) is 20.8 Å². The van der Waals surface area contributed by atoms with Crippen LogP contribution < -0.4 is 10.1 Å². The molecule has 2 aromatic rings. The molecule has 0 aliphatic rings. The monoisotopic (exact) mass is 317 g/mol. The Labute approximate surface area is 136 Å². The van der Waals surface area contributed by atoms with E-state index < -0.39 is 6.10 Å². The van der Waals surface area contributed by atoms with E-state index in [-0.39, 0.29) is 5.91 Å². The lowest BCUT2D eigenvalue weighted by Gasteiger charge is -2.18. The summed E-state index contributed by atoms with van der Waals surface area (Å²) in [4.78, 5) is 12.3. The molecule has 0 saturated carbocycles. The minimum absolute atomic E-state index is 0.174. The van der Waals surface area contributed by atoms with E-state index in [1.807, 2.05) is 45.0 Å². The summed E-state index contributed by atoms with van der Waals surface area (Å²) >= 11 is 5.92. The predicted molar refractivity (Wildman–Crippen MR) is 90.8 cm³/mol. The van der Waals surface area contributed by atoms with Gasteiger partial charge in [-0.05, 0) is 62.6 Å². The van der Waals surface area contributed by atoms with Crippen molar-refractivity contribution in [1.29, 1.82) is 0 Å². The molecular formula is C18H20ClNO2. The van der Waals surface area contributed by atoms with Crippen LogP contribution in [0.3, 0.4) is 0 Å². The lowest BCUT2D eigenvalue weighted by Crippen LogP contribution is -2.30. The van der Waals surface area contributed by atoms with Crippen molar-refractivity contribution >= 4 is 23.2 Å². The summed E-state index contributed by atoms with van der Waals surface area (Å²) in [6.45, 7) is 7.57. The zero-order valence-electron chi connectivity index (χ0n) is 13.2. The molecule has 2 rings (SSSR count). The molecule has 1 N–H and O–H groups in total. The number of halogens is 1. The second kappa shape index (κ2) is 6.84. The Bertz CT molecular complexity index is 677. The van der Waals surface area contributed by atoms with Crippen LogP contribution in [0.15, 0.2) is 36.4 Å².